The molecule has 0 aliphatic heterocycles. The Hall–Kier alpha value is -2.04. The quantitative estimate of drug-likeness (QED) is 0.820. The van der Waals surface area contributed by atoms with E-state index in [2.05, 4.69) is 0 Å². The van der Waals surface area contributed by atoms with Gasteiger partial charge in [-0.15, -0.1) is 0 Å². The summed E-state index contributed by atoms with van der Waals surface area (Å²) < 4.78 is 4.92. The van der Waals surface area contributed by atoms with Crippen molar-refractivity contribution in [1.82, 2.24) is 0 Å². The molecule has 0 saturated heterocycles. The van der Waals surface area contributed by atoms with Crippen molar-refractivity contribution >= 4 is 11.8 Å². The molecule has 1 aromatic carbocycles. The molecular weight excluding hydrogens is 224 g/mol. The van der Waals surface area contributed by atoms with Gasteiger partial charge in [-0.25, -0.2) is 0 Å². The first-order chi connectivity index (χ1) is 7.99. The summed E-state index contributed by atoms with van der Waals surface area (Å²) in [5.74, 6) is -0.906. The van der Waals surface area contributed by atoms with Crippen molar-refractivity contribution in [2.75, 3.05) is 7.11 Å². The third-order valence-electron chi connectivity index (χ3n) is 3.13. The summed E-state index contributed by atoms with van der Waals surface area (Å²) in [6.45, 7) is 0. The number of aliphatic carboxylic acids is 1. The van der Waals surface area contributed by atoms with Gasteiger partial charge in [-0.3, -0.25) is 9.59 Å². The van der Waals surface area contributed by atoms with Crippen LogP contribution in [0, 0.1) is 0 Å². The minimum absolute atomic E-state index is 0.0672. The average Bonchev–Trinajstić information content (AvgIpc) is 2.24. The Bertz CT molecular complexity index is 484. The zero-order valence-electron chi connectivity index (χ0n) is 9.27. The van der Waals surface area contributed by atoms with Crippen molar-refractivity contribution in [2.45, 2.75) is 18.3 Å². The number of carbonyl (C=O) groups excluding carboxylic acids is 1. The lowest BCUT2D eigenvalue weighted by Crippen LogP contribution is -2.48. The van der Waals surface area contributed by atoms with E-state index in [0.717, 1.165) is 0 Å². The summed E-state index contributed by atoms with van der Waals surface area (Å²) >= 11 is 0. The average molecular weight is 236 g/mol. The van der Waals surface area contributed by atoms with Gasteiger partial charge in [0.1, 0.15) is 22.7 Å². The number of hydrogen-bond donors (Lipinski definition) is 2. The van der Waals surface area contributed by atoms with Gasteiger partial charge >= 0.3 is 5.97 Å². The lowest BCUT2D eigenvalue weighted by atomic mass is 9.63. The summed E-state index contributed by atoms with van der Waals surface area (Å²) in [4.78, 5) is 22.3. The Labute approximate surface area is 97.6 Å². The topological polar surface area (TPSA) is 83.8 Å². The van der Waals surface area contributed by atoms with Crippen molar-refractivity contribution in [3.63, 3.8) is 0 Å². The number of aromatic hydroxyl groups is 1. The highest BCUT2D eigenvalue weighted by atomic mass is 16.5. The number of rotatable bonds is 3. The molecule has 0 bridgehead atoms. The molecule has 90 valence electrons. The lowest BCUT2D eigenvalue weighted by Gasteiger charge is -2.36. The molecule has 5 heteroatoms. The number of phenolic OH excluding ortho intramolecular Hbond substituents is 1. The fourth-order valence-corrected chi connectivity index (χ4v) is 2.12. The monoisotopic (exact) mass is 236 g/mol. The van der Waals surface area contributed by atoms with E-state index in [4.69, 9.17) is 4.74 Å². The Balaban J connectivity index is 2.45. The van der Waals surface area contributed by atoms with E-state index in [1.54, 1.807) is 6.07 Å². The molecule has 1 aromatic rings. The predicted molar refractivity (Wildman–Crippen MR) is 58.2 cm³/mol. The van der Waals surface area contributed by atoms with Gasteiger partial charge in [-0.05, 0) is 6.07 Å². The van der Waals surface area contributed by atoms with Crippen molar-refractivity contribution in [2.24, 2.45) is 0 Å². The van der Waals surface area contributed by atoms with Crippen LogP contribution in [0.1, 0.15) is 18.4 Å². The van der Waals surface area contributed by atoms with E-state index in [9.17, 15) is 19.8 Å². The van der Waals surface area contributed by atoms with E-state index < -0.39 is 11.4 Å². The second kappa shape index (κ2) is 3.76. The van der Waals surface area contributed by atoms with Crippen LogP contribution < -0.4 is 4.74 Å². The zero-order valence-corrected chi connectivity index (χ0v) is 9.27. The largest absolute Gasteiger partial charge is 0.507 e. The number of Topliss-reactive ketones (excluding diaryl/α,β-unsaturated/α-hetero) is 1. The predicted octanol–water partition coefficient (Wildman–Crippen LogP) is 1.09. The number of benzene rings is 1. The molecule has 0 radical (unpaired) electrons. The van der Waals surface area contributed by atoms with E-state index in [1.165, 1.54) is 19.2 Å². The second-order valence-electron chi connectivity index (χ2n) is 4.16. The molecule has 0 unspecified atom stereocenters. The number of ether oxygens (including phenoxy) is 1. The maximum atomic E-state index is 11.3. The molecular formula is C12H12O5. The molecule has 5 nitrogen and oxygen atoms in total. The summed E-state index contributed by atoms with van der Waals surface area (Å²) in [5.41, 5.74) is -1.00. The maximum Gasteiger partial charge on any atom is 0.315 e. The number of carboxylic acid groups (broad SMARTS) is 1. The fourth-order valence-electron chi connectivity index (χ4n) is 2.12. The van der Waals surface area contributed by atoms with Crippen molar-refractivity contribution < 1.29 is 24.5 Å². The number of ketones is 1. The minimum Gasteiger partial charge on any atom is -0.507 e. The van der Waals surface area contributed by atoms with Crippen molar-refractivity contribution in [3.05, 3.63) is 23.8 Å². The van der Waals surface area contributed by atoms with E-state index in [0.29, 0.717) is 5.75 Å². The van der Waals surface area contributed by atoms with Crippen molar-refractivity contribution in [3.8, 4) is 11.5 Å². The highest BCUT2D eigenvalue weighted by molar-refractivity contribution is 6.01. The van der Waals surface area contributed by atoms with Gasteiger partial charge in [0.05, 0.1) is 7.11 Å². The minimum atomic E-state index is -1.27. The lowest BCUT2D eigenvalue weighted by molar-refractivity contribution is -0.153. The molecule has 1 fully saturated rings. The number of carboxylic acids is 1. The third-order valence-corrected chi connectivity index (χ3v) is 3.13. The first-order valence-electron chi connectivity index (χ1n) is 5.12. The Morgan fingerprint density at radius 2 is 2.06 bits per heavy atom. The molecule has 0 atom stereocenters. The number of carbonyl (C=O) groups is 2. The molecule has 1 aliphatic carbocycles. The Morgan fingerprint density at radius 1 is 1.41 bits per heavy atom. The summed E-state index contributed by atoms with van der Waals surface area (Å²) in [6.07, 6.45) is -0.134. The van der Waals surface area contributed by atoms with Crippen LogP contribution in [-0.4, -0.2) is 29.1 Å². The van der Waals surface area contributed by atoms with E-state index in [-0.39, 0.29) is 29.9 Å². The molecule has 1 saturated carbocycles. The van der Waals surface area contributed by atoms with Crippen LogP contribution >= 0.6 is 0 Å². The first-order valence-corrected chi connectivity index (χ1v) is 5.12. The molecule has 0 spiro atoms. The smallest absolute Gasteiger partial charge is 0.315 e. The molecule has 0 heterocycles. The first kappa shape index (κ1) is 11.4. The van der Waals surface area contributed by atoms with Crippen LogP contribution in [0.2, 0.25) is 0 Å². The highest BCUT2D eigenvalue weighted by Crippen LogP contribution is 2.45. The molecule has 17 heavy (non-hydrogen) atoms. The van der Waals surface area contributed by atoms with Crippen LogP contribution in [0.25, 0.3) is 0 Å². The highest BCUT2D eigenvalue weighted by Gasteiger charge is 2.52. The van der Waals surface area contributed by atoms with Crippen LogP contribution in [0.15, 0.2) is 18.2 Å². The number of phenols is 1. The van der Waals surface area contributed by atoms with Crippen LogP contribution in [0.4, 0.5) is 0 Å². The fraction of sp³-hybridized carbons (Fsp3) is 0.333. The summed E-state index contributed by atoms with van der Waals surface area (Å²) in [5, 5.41) is 19.0. The Morgan fingerprint density at radius 3 is 2.47 bits per heavy atom. The number of methoxy groups -OCH3 is 1. The molecule has 1 aliphatic rings. The van der Waals surface area contributed by atoms with Gasteiger partial charge in [0.15, 0.2) is 0 Å². The standard InChI is InChI=1S/C12H12O5/c1-17-8-2-3-9(10(14)4-8)12(11(15)16)5-7(13)6-12/h2-4,14H,5-6H2,1H3,(H,15,16). The van der Waals surface area contributed by atoms with Gasteiger partial charge in [-0.1, -0.05) is 6.07 Å². The van der Waals surface area contributed by atoms with Gasteiger partial charge < -0.3 is 14.9 Å². The molecule has 0 amide bonds. The van der Waals surface area contributed by atoms with E-state index in [1.807, 2.05) is 0 Å². The van der Waals surface area contributed by atoms with Crippen molar-refractivity contribution in [1.29, 1.82) is 0 Å². The van der Waals surface area contributed by atoms with Crippen LogP contribution in [0.3, 0.4) is 0 Å². The van der Waals surface area contributed by atoms with Gasteiger partial charge in [0.2, 0.25) is 0 Å². The summed E-state index contributed by atoms with van der Waals surface area (Å²) in [6, 6.07) is 4.42. The number of hydrogen-bond acceptors (Lipinski definition) is 4. The second-order valence-corrected chi connectivity index (χ2v) is 4.16. The molecule has 2 N–H and O–H groups in total. The zero-order chi connectivity index (χ0) is 12.6. The summed E-state index contributed by atoms with van der Waals surface area (Å²) in [7, 11) is 1.45. The maximum absolute atomic E-state index is 11.3. The third kappa shape index (κ3) is 1.63. The van der Waals surface area contributed by atoms with Crippen LogP contribution in [0.5, 0.6) is 11.5 Å². The van der Waals surface area contributed by atoms with E-state index >= 15 is 0 Å². The van der Waals surface area contributed by atoms with Gasteiger partial charge in [0, 0.05) is 24.5 Å². The molecule has 0 aromatic heterocycles. The normalized spacial score (nSPS) is 17.4. The van der Waals surface area contributed by atoms with Gasteiger partial charge in [-0.2, -0.15) is 0 Å². The van der Waals surface area contributed by atoms with Crippen LogP contribution in [-0.2, 0) is 15.0 Å². The van der Waals surface area contributed by atoms with Gasteiger partial charge in [0.25, 0.3) is 0 Å². The SMILES string of the molecule is COc1ccc(C2(C(=O)O)CC(=O)C2)c(O)c1. The Kier molecular flexibility index (Phi) is 2.53. The molecule has 2 rings (SSSR count).